The van der Waals surface area contributed by atoms with E-state index in [-0.39, 0.29) is 18.4 Å². The number of para-hydroxylation sites is 1. The van der Waals surface area contributed by atoms with Gasteiger partial charge in [0, 0.05) is 0 Å². The molecule has 7 nitrogen and oxygen atoms in total. The zero-order chi connectivity index (χ0) is 22.3. The lowest BCUT2D eigenvalue weighted by molar-refractivity contribution is -0.130. The van der Waals surface area contributed by atoms with Crippen molar-refractivity contribution in [3.05, 3.63) is 54.6 Å². The molecule has 0 fully saturated rings. The molecule has 2 rings (SSSR count). The lowest BCUT2D eigenvalue weighted by atomic mass is 10.2. The fraction of sp³-hybridized carbons (Fsp3) is 0.391. The number of hydrogen-bond acceptors (Lipinski definition) is 6. The highest BCUT2D eigenvalue weighted by Gasteiger charge is 2.20. The maximum Gasteiger partial charge on any atom is 0.258 e. The zero-order valence-corrected chi connectivity index (χ0v) is 18.8. The molecule has 31 heavy (non-hydrogen) atoms. The van der Waals surface area contributed by atoms with E-state index in [0.717, 1.165) is 11.5 Å². The number of carbonyl (C=O) groups excluding carboxylic acids is 2. The molecule has 1 atom stereocenters. The summed E-state index contributed by atoms with van der Waals surface area (Å²) in [5, 5.41) is 5.57. The highest BCUT2D eigenvalue weighted by Crippen LogP contribution is 2.17. The molecule has 0 aliphatic rings. The smallest absolute Gasteiger partial charge is 0.258 e. The second-order valence-electron chi connectivity index (χ2n) is 6.55. The Labute approximate surface area is 187 Å². The number of benzene rings is 2. The number of ether oxygens (including phenoxy) is 3. The number of carbonyl (C=O) groups is 2. The second kappa shape index (κ2) is 14.2. The third kappa shape index (κ3) is 9.65. The Morgan fingerprint density at radius 3 is 2.23 bits per heavy atom. The van der Waals surface area contributed by atoms with Crippen LogP contribution in [0.4, 0.5) is 0 Å². The summed E-state index contributed by atoms with van der Waals surface area (Å²) in [6, 6.07) is 15.8. The number of hydrogen-bond donors (Lipinski definition) is 2. The van der Waals surface area contributed by atoms with E-state index in [2.05, 4.69) is 10.6 Å². The van der Waals surface area contributed by atoms with Crippen molar-refractivity contribution < 1.29 is 23.8 Å². The van der Waals surface area contributed by atoms with Crippen molar-refractivity contribution in [2.75, 3.05) is 38.4 Å². The van der Waals surface area contributed by atoms with Crippen molar-refractivity contribution in [3.8, 4) is 17.2 Å². The Kier molecular flexibility index (Phi) is 11.2. The number of rotatable bonds is 14. The summed E-state index contributed by atoms with van der Waals surface area (Å²) in [6.45, 7) is 3.04. The van der Waals surface area contributed by atoms with Crippen LogP contribution in [0.2, 0.25) is 0 Å². The molecule has 168 valence electrons. The molecule has 1 unspecified atom stereocenters. The maximum atomic E-state index is 12.5. The predicted octanol–water partition coefficient (Wildman–Crippen LogP) is 2.90. The third-order valence-corrected chi connectivity index (χ3v) is 4.82. The van der Waals surface area contributed by atoms with Gasteiger partial charge in [0.25, 0.3) is 5.91 Å². The monoisotopic (exact) mass is 446 g/mol. The van der Waals surface area contributed by atoms with Gasteiger partial charge in [0.2, 0.25) is 5.91 Å². The third-order valence-electron chi connectivity index (χ3n) is 4.18. The van der Waals surface area contributed by atoms with Crippen LogP contribution in [-0.4, -0.2) is 56.2 Å². The van der Waals surface area contributed by atoms with Crippen LogP contribution in [0, 0.1) is 0 Å². The molecule has 0 saturated carbocycles. The molecule has 0 aromatic heterocycles. The van der Waals surface area contributed by atoms with Crippen molar-refractivity contribution in [1.29, 1.82) is 0 Å². The first kappa shape index (κ1) is 24.4. The van der Waals surface area contributed by atoms with Gasteiger partial charge in [-0.3, -0.25) is 9.59 Å². The van der Waals surface area contributed by atoms with Gasteiger partial charge in [0.15, 0.2) is 6.61 Å². The zero-order valence-electron chi connectivity index (χ0n) is 18.0. The summed E-state index contributed by atoms with van der Waals surface area (Å²) >= 11 is 1.62. The van der Waals surface area contributed by atoms with Crippen molar-refractivity contribution in [2.45, 2.75) is 19.4 Å². The van der Waals surface area contributed by atoms with Gasteiger partial charge in [0.05, 0.1) is 13.2 Å². The minimum absolute atomic E-state index is 0.145. The van der Waals surface area contributed by atoms with Gasteiger partial charge in [-0.05, 0) is 61.8 Å². The fourth-order valence-corrected chi connectivity index (χ4v) is 3.14. The first-order valence-corrected chi connectivity index (χ1v) is 11.6. The minimum Gasteiger partial charge on any atom is -0.494 e. The Balaban J connectivity index is 1.74. The lowest BCUT2D eigenvalue weighted by Gasteiger charge is -2.18. The number of amides is 2. The molecular formula is C23H30N2O5S. The summed E-state index contributed by atoms with van der Waals surface area (Å²) in [7, 11) is 0. The predicted molar refractivity (Wildman–Crippen MR) is 123 cm³/mol. The first-order chi connectivity index (χ1) is 15.1. The molecule has 2 N–H and O–H groups in total. The molecule has 0 heterocycles. The summed E-state index contributed by atoms with van der Waals surface area (Å²) in [5.41, 5.74) is 0. The first-order valence-electron chi connectivity index (χ1n) is 10.2. The summed E-state index contributed by atoms with van der Waals surface area (Å²) in [6.07, 6.45) is 2.49. The van der Waals surface area contributed by atoms with Crippen LogP contribution in [0.3, 0.4) is 0 Å². The van der Waals surface area contributed by atoms with E-state index < -0.39 is 6.04 Å². The average Bonchev–Trinajstić information content (AvgIpc) is 2.80. The topological polar surface area (TPSA) is 85.9 Å². The van der Waals surface area contributed by atoms with Crippen molar-refractivity contribution in [1.82, 2.24) is 10.6 Å². The largest absolute Gasteiger partial charge is 0.494 e. The highest BCUT2D eigenvalue weighted by atomic mass is 32.2. The highest BCUT2D eigenvalue weighted by molar-refractivity contribution is 7.98. The molecule has 0 bridgehead atoms. The van der Waals surface area contributed by atoms with E-state index >= 15 is 0 Å². The summed E-state index contributed by atoms with van der Waals surface area (Å²) < 4.78 is 16.5. The second-order valence-corrected chi connectivity index (χ2v) is 7.53. The van der Waals surface area contributed by atoms with E-state index in [1.165, 1.54) is 0 Å². The molecule has 0 radical (unpaired) electrons. The van der Waals surface area contributed by atoms with Crippen LogP contribution >= 0.6 is 11.8 Å². The van der Waals surface area contributed by atoms with Crippen LogP contribution in [-0.2, 0) is 9.59 Å². The minimum atomic E-state index is -0.621. The van der Waals surface area contributed by atoms with Crippen LogP contribution in [0.5, 0.6) is 17.2 Å². The molecule has 2 aromatic carbocycles. The van der Waals surface area contributed by atoms with E-state index in [0.29, 0.717) is 37.7 Å². The van der Waals surface area contributed by atoms with E-state index in [1.54, 1.807) is 23.9 Å². The molecular weight excluding hydrogens is 416 g/mol. The Hall–Kier alpha value is -2.87. The van der Waals surface area contributed by atoms with Gasteiger partial charge in [0.1, 0.15) is 29.9 Å². The molecule has 2 amide bonds. The van der Waals surface area contributed by atoms with Crippen molar-refractivity contribution in [2.24, 2.45) is 0 Å². The Bertz CT molecular complexity index is 786. The van der Waals surface area contributed by atoms with Crippen LogP contribution in [0.15, 0.2) is 54.6 Å². The molecule has 0 aliphatic heterocycles. The maximum absolute atomic E-state index is 12.5. The van der Waals surface area contributed by atoms with Crippen molar-refractivity contribution >= 4 is 23.6 Å². The Morgan fingerprint density at radius 2 is 1.58 bits per heavy atom. The average molecular weight is 447 g/mol. The van der Waals surface area contributed by atoms with Gasteiger partial charge < -0.3 is 24.8 Å². The lowest BCUT2D eigenvalue weighted by Crippen LogP contribution is -2.49. The SMILES string of the molecule is CCOc1ccc(OCCNC(=O)C(CCSC)NC(=O)COc2ccccc2)cc1. The van der Waals surface area contributed by atoms with Gasteiger partial charge in [-0.1, -0.05) is 18.2 Å². The molecule has 0 aliphatic carbocycles. The van der Waals surface area contributed by atoms with Crippen LogP contribution in [0.1, 0.15) is 13.3 Å². The standard InChI is InChI=1S/C23H30N2O5S/c1-3-28-19-9-11-20(12-10-19)29-15-14-24-23(27)21(13-16-31-2)25-22(26)17-30-18-7-5-4-6-8-18/h4-12,21H,3,13-17H2,1-2H3,(H,24,27)(H,25,26). The summed E-state index contributed by atoms with van der Waals surface area (Å²) in [5.74, 6) is 2.26. The number of nitrogens with one attached hydrogen (secondary N) is 2. The molecule has 8 heteroatoms. The van der Waals surface area contributed by atoms with Crippen molar-refractivity contribution in [3.63, 3.8) is 0 Å². The number of thioether (sulfide) groups is 1. The van der Waals surface area contributed by atoms with Gasteiger partial charge in [-0.2, -0.15) is 11.8 Å². The fourth-order valence-electron chi connectivity index (χ4n) is 2.67. The van der Waals surface area contributed by atoms with E-state index in [9.17, 15) is 9.59 Å². The summed E-state index contributed by atoms with van der Waals surface area (Å²) in [4.78, 5) is 24.8. The van der Waals surface area contributed by atoms with Crippen LogP contribution < -0.4 is 24.8 Å². The molecule has 0 spiro atoms. The van der Waals surface area contributed by atoms with Gasteiger partial charge >= 0.3 is 0 Å². The van der Waals surface area contributed by atoms with E-state index in [1.807, 2.05) is 55.6 Å². The molecule has 2 aromatic rings. The van der Waals surface area contributed by atoms with E-state index in [4.69, 9.17) is 14.2 Å². The Morgan fingerprint density at radius 1 is 0.935 bits per heavy atom. The van der Waals surface area contributed by atoms with Gasteiger partial charge in [-0.25, -0.2) is 0 Å². The molecule has 0 saturated heterocycles. The normalized spacial score (nSPS) is 11.3. The van der Waals surface area contributed by atoms with Crippen LogP contribution in [0.25, 0.3) is 0 Å². The quantitative estimate of drug-likeness (QED) is 0.434. The van der Waals surface area contributed by atoms with Gasteiger partial charge in [-0.15, -0.1) is 0 Å².